The normalized spacial score (nSPS) is 14.1. The first-order valence-electron chi connectivity index (χ1n) is 5.94. The Hall–Kier alpha value is -1.27. The molecule has 0 radical (unpaired) electrons. The van der Waals surface area contributed by atoms with Crippen molar-refractivity contribution in [2.75, 3.05) is 0 Å². The van der Waals surface area contributed by atoms with Gasteiger partial charge in [-0.2, -0.15) is 13.2 Å². The number of benzene rings is 1. The standard InChI is InChI=1S/C13H17F3N2O.ClH/c1-9(17)7-12(19)18-11(8-13(14,15)16)10-5-3-2-4-6-10;/h2-6,9,11H,7-8,17H2,1H3,(H,18,19);1H. The molecular weight excluding hydrogens is 293 g/mol. The fourth-order valence-electron chi connectivity index (χ4n) is 1.71. The van der Waals surface area contributed by atoms with Crippen LogP contribution in [-0.2, 0) is 4.79 Å². The summed E-state index contributed by atoms with van der Waals surface area (Å²) in [6.45, 7) is 1.63. The maximum absolute atomic E-state index is 12.5. The Morgan fingerprint density at radius 1 is 1.30 bits per heavy atom. The maximum Gasteiger partial charge on any atom is 0.391 e. The van der Waals surface area contributed by atoms with Crippen LogP contribution in [0.5, 0.6) is 0 Å². The molecule has 0 bridgehead atoms. The summed E-state index contributed by atoms with van der Waals surface area (Å²) in [7, 11) is 0. The molecule has 0 saturated heterocycles. The molecule has 0 aliphatic heterocycles. The van der Waals surface area contributed by atoms with Gasteiger partial charge < -0.3 is 11.1 Å². The smallest absolute Gasteiger partial charge is 0.349 e. The molecule has 0 heterocycles. The molecule has 0 spiro atoms. The zero-order valence-electron chi connectivity index (χ0n) is 11.0. The number of nitrogens with two attached hydrogens (primary N) is 1. The minimum absolute atomic E-state index is 0. The fourth-order valence-corrected chi connectivity index (χ4v) is 1.71. The van der Waals surface area contributed by atoms with Crippen molar-refractivity contribution in [3.63, 3.8) is 0 Å². The number of nitrogens with one attached hydrogen (secondary N) is 1. The first-order valence-corrected chi connectivity index (χ1v) is 5.94. The van der Waals surface area contributed by atoms with Gasteiger partial charge in [0.2, 0.25) is 5.91 Å². The number of hydrogen-bond donors (Lipinski definition) is 2. The van der Waals surface area contributed by atoms with Crippen molar-refractivity contribution in [3.05, 3.63) is 35.9 Å². The van der Waals surface area contributed by atoms with Crippen LogP contribution in [0.1, 0.15) is 31.4 Å². The van der Waals surface area contributed by atoms with Crippen LogP contribution in [0, 0.1) is 0 Å². The molecule has 1 aromatic carbocycles. The molecule has 114 valence electrons. The van der Waals surface area contributed by atoms with E-state index in [0.717, 1.165) is 0 Å². The van der Waals surface area contributed by atoms with Crippen LogP contribution in [0.4, 0.5) is 13.2 Å². The van der Waals surface area contributed by atoms with Crippen molar-refractivity contribution in [2.24, 2.45) is 5.73 Å². The highest BCUT2D eigenvalue weighted by Crippen LogP contribution is 2.29. The molecule has 0 aliphatic rings. The predicted molar refractivity (Wildman–Crippen MR) is 73.5 cm³/mol. The summed E-state index contributed by atoms with van der Waals surface area (Å²) >= 11 is 0. The van der Waals surface area contributed by atoms with Crippen LogP contribution in [0.15, 0.2) is 30.3 Å². The Balaban J connectivity index is 0.00000361. The van der Waals surface area contributed by atoms with Crippen molar-refractivity contribution in [1.82, 2.24) is 5.32 Å². The lowest BCUT2D eigenvalue weighted by Crippen LogP contribution is -2.35. The third kappa shape index (κ3) is 7.35. The summed E-state index contributed by atoms with van der Waals surface area (Å²) in [6, 6.07) is 6.63. The second-order valence-corrected chi connectivity index (χ2v) is 4.53. The number of carbonyl (C=O) groups excluding carboxylic acids is 1. The van der Waals surface area contributed by atoms with Crippen molar-refractivity contribution in [1.29, 1.82) is 0 Å². The molecule has 0 fully saturated rings. The van der Waals surface area contributed by atoms with Gasteiger partial charge >= 0.3 is 6.18 Å². The van der Waals surface area contributed by atoms with Crippen LogP contribution in [0.25, 0.3) is 0 Å². The highest BCUT2D eigenvalue weighted by Gasteiger charge is 2.33. The first-order chi connectivity index (χ1) is 8.78. The van der Waals surface area contributed by atoms with Crippen LogP contribution in [-0.4, -0.2) is 18.1 Å². The van der Waals surface area contributed by atoms with Gasteiger partial charge in [0, 0.05) is 12.5 Å². The van der Waals surface area contributed by atoms with E-state index in [-0.39, 0.29) is 24.9 Å². The maximum atomic E-state index is 12.5. The quantitative estimate of drug-likeness (QED) is 0.878. The average Bonchev–Trinajstić information content (AvgIpc) is 2.26. The molecular formula is C13H18ClF3N2O. The van der Waals surface area contributed by atoms with E-state index < -0.39 is 24.5 Å². The summed E-state index contributed by atoms with van der Waals surface area (Å²) in [5.41, 5.74) is 5.88. The Morgan fingerprint density at radius 2 is 1.85 bits per heavy atom. The van der Waals surface area contributed by atoms with Crippen molar-refractivity contribution >= 4 is 18.3 Å². The van der Waals surface area contributed by atoms with Crippen LogP contribution in [0.3, 0.4) is 0 Å². The van der Waals surface area contributed by atoms with Gasteiger partial charge in [-0.15, -0.1) is 12.4 Å². The minimum atomic E-state index is -4.35. The average molecular weight is 311 g/mol. The molecule has 3 nitrogen and oxygen atoms in total. The van der Waals surface area contributed by atoms with Crippen LogP contribution < -0.4 is 11.1 Å². The topological polar surface area (TPSA) is 55.1 Å². The van der Waals surface area contributed by atoms with Gasteiger partial charge in [0.15, 0.2) is 0 Å². The van der Waals surface area contributed by atoms with Gasteiger partial charge in [-0.05, 0) is 12.5 Å². The summed E-state index contributed by atoms with van der Waals surface area (Å²) in [5.74, 6) is -0.479. The molecule has 1 rings (SSSR count). The molecule has 2 unspecified atom stereocenters. The van der Waals surface area contributed by atoms with Gasteiger partial charge in [0.1, 0.15) is 0 Å². The molecule has 20 heavy (non-hydrogen) atoms. The molecule has 0 saturated carbocycles. The number of hydrogen-bond acceptors (Lipinski definition) is 2. The number of amides is 1. The summed E-state index contributed by atoms with van der Waals surface area (Å²) in [6.07, 6.45) is -5.44. The van der Waals surface area contributed by atoms with Crippen LogP contribution >= 0.6 is 12.4 Å². The zero-order chi connectivity index (χ0) is 14.5. The molecule has 2 atom stereocenters. The monoisotopic (exact) mass is 310 g/mol. The third-order valence-corrected chi connectivity index (χ3v) is 2.48. The third-order valence-electron chi connectivity index (χ3n) is 2.48. The van der Waals surface area contributed by atoms with E-state index in [2.05, 4.69) is 5.32 Å². The van der Waals surface area contributed by atoms with Crippen molar-refractivity contribution in [2.45, 2.75) is 38.0 Å². The summed E-state index contributed by atoms with van der Waals surface area (Å²) < 4.78 is 37.6. The predicted octanol–water partition coefficient (Wildman–Crippen LogP) is 2.96. The highest BCUT2D eigenvalue weighted by atomic mass is 35.5. The Morgan fingerprint density at radius 3 is 2.30 bits per heavy atom. The summed E-state index contributed by atoms with van der Waals surface area (Å²) in [5, 5.41) is 2.38. The number of carbonyl (C=O) groups is 1. The van der Waals surface area contributed by atoms with E-state index in [0.29, 0.717) is 5.56 Å². The van der Waals surface area contributed by atoms with Gasteiger partial charge in [-0.3, -0.25) is 4.79 Å². The second kappa shape index (κ2) is 8.11. The number of halogens is 4. The van der Waals surface area contributed by atoms with Gasteiger partial charge in [-0.25, -0.2) is 0 Å². The summed E-state index contributed by atoms with van der Waals surface area (Å²) in [4.78, 5) is 11.6. The Labute approximate surface area is 122 Å². The zero-order valence-corrected chi connectivity index (χ0v) is 11.8. The molecule has 0 aliphatic carbocycles. The SMILES string of the molecule is CC(N)CC(=O)NC(CC(F)(F)F)c1ccccc1.Cl. The molecule has 7 heteroatoms. The first kappa shape index (κ1) is 18.7. The second-order valence-electron chi connectivity index (χ2n) is 4.53. The van der Waals surface area contributed by atoms with E-state index in [1.807, 2.05) is 0 Å². The number of rotatable bonds is 5. The Bertz CT molecular complexity index is 410. The van der Waals surface area contributed by atoms with E-state index in [1.165, 1.54) is 0 Å². The molecule has 3 N–H and O–H groups in total. The Kier molecular flexibility index (Phi) is 7.60. The minimum Gasteiger partial charge on any atom is -0.349 e. The van der Waals surface area contributed by atoms with Crippen molar-refractivity contribution in [3.8, 4) is 0 Å². The largest absolute Gasteiger partial charge is 0.391 e. The van der Waals surface area contributed by atoms with E-state index in [9.17, 15) is 18.0 Å². The molecule has 1 aromatic rings. The highest BCUT2D eigenvalue weighted by molar-refractivity contribution is 5.85. The van der Waals surface area contributed by atoms with E-state index in [1.54, 1.807) is 37.3 Å². The van der Waals surface area contributed by atoms with E-state index in [4.69, 9.17) is 5.73 Å². The van der Waals surface area contributed by atoms with Crippen LogP contribution in [0.2, 0.25) is 0 Å². The number of alkyl halides is 3. The van der Waals surface area contributed by atoms with E-state index >= 15 is 0 Å². The lowest BCUT2D eigenvalue weighted by Gasteiger charge is -2.21. The van der Waals surface area contributed by atoms with Crippen molar-refractivity contribution < 1.29 is 18.0 Å². The molecule has 0 aromatic heterocycles. The van der Waals surface area contributed by atoms with Gasteiger partial charge in [0.05, 0.1) is 12.5 Å². The molecule has 1 amide bonds. The lowest BCUT2D eigenvalue weighted by atomic mass is 10.0. The lowest BCUT2D eigenvalue weighted by molar-refractivity contribution is -0.142. The fraction of sp³-hybridized carbons (Fsp3) is 0.462. The van der Waals surface area contributed by atoms with Gasteiger partial charge in [0.25, 0.3) is 0 Å². The van der Waals surface area contributed by atoms with Gasteiger partial charge in [-0.1, -0.05) is 30.3 Å².